The third-order valence-electron chi connectivity index (χ3n) is 5.18. The van der Waals surface area contributed by atoms with Gasteiger partial charge in [0.2, 0.25) is 11.9 Å². The first-order valence-corrected chi connectivity index (χ1v) is 10.6. The number of rotatable bonds is 8. The first-order chi connectivity index (χ1) is 12.6. The topological polar surface area (TPSA) is 78.0 Å². The Labute approximate surface area is 159 Å². The molecule has 0 atom stereocenters. The molecule has 8 heteroatoms. The fourth-order valence-corrected chi connectivity index (χ4v) is 4.21. The minimum atomic E-state index is 0.0615. The van der Waals surface area contributed by atoms with Crippen molar-refractivity contribution >= 4 is 23.6 Å². The minimum absolute atomic E-state index is 0.0615. The number of thioether (sulfide) groups is 1. The van der Waals surface area contributed by atoms with E-state index in [-0.39, 0.29) is 5.91 Å². The van der Waals surface area contributed by atoms with Crippen molar-refractivity contribution in [2.45, 2.75) is 57.1 Å². The first kappa shape index (κ1) is 19.0. The monoisotopic (exact) mass is 376 g/mol. The molecule has 0 bridgehead atoms. The van der Waals surface area contributed by atoms with Crippen LogP contribution in [0.3, 0.4) is 0 Å². The molecule has 2 aliphatic rings. The molecule has 0 unspecified atom stereocenters. The molecule has 7 nitrogen and oxygen atoms in total. The van der Waals surface area contributed by atoms with E-state index in [1.807, 2.05) is 6.92 Å². The van der Waals surface area contributed by atoms with Gasteiger partial charge in [-0.25, -0.2) is 0 Å². The number of piperidine rings is 1. The van der Waals surface area contributed by atoms with Crippen LogP contribution in [-0.4, -0.2) is 57.5 Å². The van der Waals surface area contributed by atoms with Crippen LogP contribution in [0.4, 0.5) is 5.95 Å². The number of carbonyl (C=O) groups excluding carboxylic acids is 1. The fraction of sp³-hybridized carbons (Fsp3) is 0.778. The summed E-state index contributed by atoms with van der Waals surface area (Å²) in [6, 6.07) is 2.59. The Morgan fingerprint density at radius 2 is 2.04 bits per heavy atom. The summed E-state index contributed by atoms with van der Waals surface area (Å²) in [4.78, 5) is 16.5. The van der Waals surface area contributed by atoms with Crippen LogP contribution in [-0.2, 0) is 4.79 Å². The largest absolute Gasteiger partial charge is 0.341 e. The number of nitrogens with zero attached hydrogens (tertiary/aromatic N) is 6. The highest BCUT2D eigenvalue weighted by Crippen LogP contribution is 2.41. The van der Waals surface area contributed by atoms with Gasteiger partial charge in [-0.15, -0.1) is 10.2 Å². The number of hydrogen-bond acceptors (Lipinski definition) is 6. The summed E-state index contributed by atoms with van der Waals surface area (Å²) in [6.45, 7) is 7.46. The molecule has 1 saturated carbocycles. The Bertz CT molecular complexity index is 657. The maximum Gasteiger partial charge on any atom is 0.233 e. The predicted octanol–water partition coefficient (Wildman–Crippen LogP) is 2.70. The van der Waals surface area contributed by atoms with Gasteiger partial charge < -0.3 is 9.80 Å². The molecule has 0 N–H and O–H groups in total. The standard InChI is InChI=1S/C18H28N6OS/c1-3-22(10-4-9-19)16(25)13-26-18-21-20-17(24(18)15-5-6-15)23-11-7-14(2)8-12-23/h14-15H,3-8,10-13H2,1-2H3. The molecule has 1 aliphatic heterocycles. The molecule has 3 rings (SSSR count). The number of hydrogen-bond donors (Lipinski definition) is 0. The molecule has 0 radical (unpaired) electrons. The molecule has 1 amide bonds. The summed E-state index contributed by atoms with van der Waals surface area (Å²) in [5, 5.41) is 18.5. The molecular weight excluding hydrogens is 348 g/mol. The highest BCUT2D eigenvalue weighted by Gasteiger charge is 2.32. The molecule has 2 fully saturated rings. The zero-order valence-corrected chi connectivity index (χ0v) is 16.5. The van der Waals surface area contributed by atoms with Crippen LogP contribution in [0.15, 0.2) is 5.16 Å². The van der Waals surface area contributed by atoms with Gasteiger partial charge in [0.05, 0.1) is 18.2 Å². The summed E-state index contributed by atoms with van der Waals surface area (Å²) < 4.78 is 2.25. The molecule has 142 valence electrons. The van der Waals surface area contributed by atoms with Crippen LogP contribution in [0.1, 0.15) is 52.0 Å². The summed E-state index contributed by atoms with van der Waals surface area (Å²) in [6.07, 6.45) is 5.10. The maximum absolute atomic E-state index is 12.4. The van der Waals surface area contributed by atoms with Gasteiger partial charge >= 0.3 is 0 Å². The van der Waals surface area contributed by atoms with Gasteiger partial charge in [0.25, 0.3) is 0 Å². The van der Waals surface area contributed by atoms with Crippen molar-refractivity contribution < 1.29 is 4.79 Å². The Hall–Kier alpha value is -1.75. The van der Waals surface area contributed by atoms with E-state index in [2.05, 4.69) is 32.7 Å². The minimum Gasteiger partial charge on any atom is -0.341 e. The quantitative estimate of drug-likeness (QED) is 0.649. The molecule has 2 heterocycles. The average Bonchev–Trinajstić information content (AvgIpc) is 3.40. The molecule has 1 aliphatic carbocycles. The molecular formula is C18H28N6OS. The van der Waals surface area contributed by atoms with Gasteiger partial charge in [-0.3, -0.25) is 9.36 Å². The van der Waals surface area contributed by atoms with E-state index in [0.717, 1.165) is 30.1 Å². The van der Waals surface area contributed by atoms with E-state index in [1.165, 1.54) is 37.4 Å². The predicted molar refractivity (Wildman–Crippen MR) is 102 cm³/mol. The Morgan fingerprint density at radius 3 is 2.65 bits per heavy atom. The summed E-state index contributed by atoms with van der Waals surface area (Å²) in [5.74, 6) is 2.17. The van der Waals surface area contributed by atoms with Crippen LogP contribution in [0.5, 0.6) is 0 Å². The van der Waals surface area contributed by atoms with Crippen LogP contribution in [0.2, 0.25) is 0 Å². The van der Waals surface area contributed by atoms with Crippen molar-refractivity contribution in [1.29, 1.82) is 5.26 Å². The zero-order valence-electron chi connectivity index (χ0n) is 15.7. The Balaban J connectivity index is 1.65. The van der Waals surface area contributed by atoms with E-state index >= 15 is 0 Å². The van der Waals surface area contributed by atoms with Crippen molar-refractivity contribution in [3.8, 4) is 6.07 Å². The fourth-order valence-electron chi connectivity index (χ4n) is 3.31. The van der Waals surface area contributed by atoms with Crippen molar-refractivity contribution in [3.05, 3.63) is 0 Å². The third-order valence-corrected chi connectivity index (χ3v) is 6.11. The van der Waals surface area contributed by atoms with Gasteiger partial charge in [0.1, 0.15) is 0 Å². The molecule has 1 aromatic rings. The second kappa shape index (κ2) is 8.76. The smallest absolute Gasteiger partial charge is 0.233 e. The maximum atomic E-state index is 12.4. The normalized spacial score (nSPS) is 18.0. The lowest BCUT2D eigenvalue weighted by Gasteiger charge is -2.31. The molecule has 0 spiro atoms. The highest BCUT2D eigenvalue weighted by atomic mass is 32.2. The van der Waals surface area contributed by atoms with Gasteiger partial charge in [0, 0.05) is 32.2 Å². The highest BCUT2D eigenvalue weighted by molar-refractivity contribution is 7.99. The average molecular weight is 377 g/mol. The van der Waals surface area contributed by atoms with Crippen LogP contribution >= 0.6 is 11.8 Å². The molecule has 1 aromatic heterocycles. The van der Waals surface area contributed by atoms with Gasteiger partial charge in [-0.2, -0.15) is 5.26 Å². The van der Waals surface area contributed by atoms with Crippen molar-refractivity contribution in [2.75, 3.05) is 36.8 Å². The number of carbonyl (C=O) groups is 1. The van der Waals surface area contributed by atoms with E-state index in [9.17, 15) is 4.79 Å². The van der Waals surface area contributed by atoms with Crippen LogP contribution in [0.25, 0.3) is 0 Å². The third kappa shape index (κ3) is 4.50. The van der Waals surface area contributed by atoms with Crippen molar-refractivity contribution in [3.63, 3.8) is 0 Å². The Kier molecular flexibility index (Phi) is 6.41. The summed E-state index contributed by atoms with van der Waals surface area (Å²) >= 11 is 1.47. The van der Waals surface area contributed by atoms with Gasteiger partial charge in [-0.05, 0) is 38.5 Å². The number of amides is 1. The molecule has 0 aromatic carbocycles. The zero-order chi connectivity index (χ0) is 18.5. The van der Waals surface area contributed by atoms with Gasteiger partial charge in [-0.1, -0.05) is 18.7 Å². The number of aromatic nitrogens is 3. The second-order valence-electron chi connectivity index (χ2n) is 7.22. The summed E-state index contributed by atoms with van der Waals surface area (Å²) in [7, 11) is 0. The van der Waals surface area contributed by atoms with Crippen LogP contribution < -0.4 is 4.90 Å². The van der Waals surface area contributed by atoms with E-state index in [0.29, 0.717) is 31.3 Å². The van der Waals surface area contributed by atoms with Crippen molar-refractivity contribution in [1.82, 2.24) is 19.7 Å². The first-order valence-electron chi connectivity index (χ1n) is 9.61. The summed E-state index contributed by atoms with van der Waals surface area (Å²) in [5.41, 5.74) is 0. The van der Waals surface area contributed by atoms with Crippen LogP contribution in [0, 0.1) is 17.2 Å². The Morgan fingerprint density at radius 1 is 1.31 bits per heavy atom. The van der Waals surface area contributed by atoms with Gasteiger partial charge in [0.15, 0.2) is 5.16 Å². The lowest BCUT2D eigenvalue weighted by atomic mass is 10.00. The van der Waals surface area contributed by atoms with E-state index < -0.39 is 0 Å². The van der Waals surface area contributed by atoms with Crippen molar-refractivity contribution in [2.24, 2.45) is 5.92 Å². The molecule has 1 saturated heterocycles. The SMILES string of the molecule is CCN(CCC#N)C(=O)CSc1nnc(N2CCC(C)CC2)n1C1CC1. The number of nitriles is 1. The number of anilines is 1. The lowest BCUT2D eigenvalue weighted by molar-refractivity contribution is -0.128. The van der Waals surface area contributed by atoms with E-state index in [4.69, 9.17) is 5.26 Å². The lowest BCUT2D eigenvalue weighted by Crippen LogP contribution is -2.35. The van der Waals surface area contributed by atoms with E-state index in [1.54, 1.807) is 4.90 Å². The second-order valence-corrected chi connectivity index (χ2v) is 8.17. The molecule has 26 heavy (non-hydrogen) atoms.